The number of nitrogens with zero attached hydrogens (tertiary/aromatic N) is 2. The summed E-state index contributed by atoms with van der Waals surface area (Å²) in [6.45, 7) is 3.80. The highest BCUT2D eigenvalue weighted by Crippen LogP contribution is 2.19. The lowest BCUT2D eigenvalue weighted by Crippen LogP contribution is -2.32. The van der Waals surface area contributed by atoms with Crippen LogP contribution in [-0.2, 0) is 0 Å². The summed E-state index contributed by atoms with van der Waals surface area (Å²) in [4.78, 5) is 15.6. The molecule has 6 heteroatoms. The van der Waals surface area contributed by atoms with Gasteiger partial charge < -0.3 is 15.5 Å². The van der Waals surface area contributed by atoms with E-state index in [0.29, 0.717) is 12.1 Å². The molecule has 2 aromatic heterocycles. The third-order valence-electron chi connectivity index (χ3n) is 3.13. The number of rotatable bonds is 5. The number of hydrogen-bond acceptors (Lipinski definition) is 4. The van der Waals surface area contributed by atoms with E-state index in [1.54, 1.807) is 31.3 Å². The minimum Gasteiger partial charge on any atom is -0.476 e. The molecule has 1 atom stereocenters. The Hall–Kier alpha value is -2.08. The van der Waals surface area contributed by atoms with E-state index < -0.39 is 11.6 Å². The minimum absolute atomic E-state index is 0.0718. The average Bonchev–Trinajstić information content (AvgIpc) is 2.75. The van der Waals surface area contributed by atoms with Gasteiger partial charge >= 0.3 is 5.97 Å². The van der Waals surface area contributed by atoms with Crippen LogP contribution in [-0.4, -0.2) is 37.7 Å². The van der Waals surface area contributed by atoms with Crippen molar-refractivity contribution in [1.29, 1.82) is 0 Å². The van der Waals surface area contributed by atoms with Crippen LogP contribution in [0.1, 0.15) is 30.8 Å². The van der Waals surface area contributed by atoms with Crippen LogP contribution >= 0.6 is 0 Å². The van der Waals surface area contributed by atoms with Gasteiger partial charge in [0.15, 0.2) is 11.5 Å². The zero-order valence-corrected chi connectivity index (χ0v) is 10.9. The molecule has 0 aromatic carbocycles. The molecule has 0 saturated heterocycles. The summed E-state index contributed by atoms with van der Waals surface area (Å²) in [5, 5.41) is 22.1. The Morgan fingerprint density at radius 1 is 1.53 bits per heavy atom. The zero-order chi connectivity index (χ0) is 14.0. The fraction of sp³-hybridized carbons (Fsp3) is 0.385. The monoisotopic (exact) mass is 263 g/mol. The lowest BCUT2D eigenvalue weighted by Gasteiger charge is -2.21. The Bertz CT molecular complexity index is 604. The first-order chi connectivity index (χ1) is 8.94. The number of carboxylic acids is 1. The number of imidazole rings is 1. The molecule has 0 aliphatic carbocycles. The quantitative estimate of drug-likeness (QED) is 0.762. The van der Waals surface area contributed by atoms with Gasteiger partial charge in [-0.05, 0) is 25.5 Å². The first-order valence-electron chi connectivity index (χ1n) is 6.11. The number of hydrogen-bond donors (Lipinski definition) is 3. The van der Waals surface area contributed by atoms with E-state index in [9.17, 15) is 15.0 Å². The van der Waals surface area contributed by atoms with Gasteiger partial charge in [0.1, 0.15) is 5.65 Å². The van der Waals surface area contributed by atoms with Crippen molar-refractivity contribution in [1.82, 2.24) is 9.38 Å². The van der Waals surface area contributed by atoms with Crippen LogP contribution in [0.25, 0.3) is 5.65 Å². The third kappa shape index (κ3) is 2.68. The molecule has 19 heavy (non-hydrogen) atoms. The van der Waals surface area contributed by atoms with E-state index in [2.05, 4.69) is 10.3 Å². The molecule has 3 N–H and O–H groups in total. The normalized spacial score (nSPS) is 14.3. The number of aromatic nitrogens is 2. The van der Waals surface area contributed by atoms with Gasteiger partial charge in [-0.25, -0.2) is 9.78 Å². The lowest BCUT2D eigenvalue weighted by molar-refractivity contribution is 0.0672. The molecule has 0 spiro atoms. The Labute approximate surface area is 110 Å². The fourth-order valence-electron chi connectivity index (χ4n) is 1.72. The van der Waals surface area contributed by atoms with Crippen molar-refractivity contribution in [3.05, 3.63) is 30.1 Å². The number of carboxylic acid groups (broad SMARTS) is 1. The average molecular weight is 263 g/mol. The third-order valence-corrected chi connectivity index (χ3v) is 3.13. The van der Waals surface area contributed by atoms with Crippen LogP contribution < -0.4 is 5.32 Å². The molecule has 0 aliphatic rings. The lowest BCUT2D eigenvalue weighted by atomic mass is 10.0. The van der Waals surface area contributed by atoms with Gasteiger partial charge in [-0.1, -0.05) is 13.0 Å². The molecule has 2 heterocycles. The van der Waals surface area contributed by atoms with Crippen molar-refractivity contribution in [2.24, 2.45) is 0 Å². The summed E-state index contributed by atoms with van der Waals surface area (Å²) in [7, 11) is 0. The van der Waals surface area contributed by atoms with E-state index >= 15 is 0 Å². The number of pyridine rings is 1. The minimum atomic E-state index is -1.06. The zero-order valence-electron chi connectivity index (χ0n) is 10.9. The van der Waals surface area contributed by atoms with Crippen molar-refractivity contribution in [2.75, 3.05) is 11.9 Å². The molecule has 6 nitrogen and oxygen atoms in total. The molecule has 0 aliphatic heterocycles. The highest BCUT2D eigenvalue weighted by atomic mass is 16.4. The number of anilines is 1. The number of aromatic carboxylic acids is 1. The van der Waals surface area contributed by atoms with Crippen LogP contribution in [0.15, 0.2) is 24.4 Å². The molecule has 102 valence electrons. The van der Waals surface area contributed by atoms with Crippen molar-refractivity contribution in [3.8, 4) is 0 Å². The Kier molecular flexibility index (Phi) is 3.44. The van der Waals surface area contributed by atoms with Crippen LogP contribution in [0, 0.1) is 0 Å². The van der Waals surface area contributed by atoms with Gasteiger partial charge in [-0.3, -0.25) is 4.40 Å². The Balaban J connectivity index is 2.37. The summed E-state index contributed by atoms with van der Waals surface area (Å²) in [5.41, 5.74) is -0.271. The van der Waals surface area contributed by atoms with E-state index in [1.807, 2.05) is 6.92 Å². The van der Waals surface area contributed by atoms with Crippen LogP contribution in [0.4, 0.5) is 5.82 Å². The first kappa shape index (κ1) is 13.4. The van der Waals surface area contributed by atoms with E-state index in [0.717, 1.165) is 0 Å². The highest BCUT2D eigenvalue weighted by Gasteiger charge is 2.22. The molecule has 0 saturated carbocycles. The highest BCUT2D eigenvalue weighted by molar-refractivity contribution is 5.92. The second-order valence-electron chi connectivity index (χ2n) is 4.75. The first-order valence-corrected chi connectivity index (χ1v) is 6.11. The van der Waals surface area contributed by atoms with Gasteiger partial charge in [0, 0.05) is 12.7 Å². The Morgan fingerprint density at radius 3 is 2.89 bits per heavy atom. The van der Waals surface area contributed by atoms with Crippen LogP contribution in [0.2, 0.25) is 0 Å². The van der Waals surface area contributed by atoms with Gasteiger partial charge in [0.05, 0.1) is 5.60 Å². The molecule has 0 fully saturated rings. The molecule has 0 amide bonds. The summed E-state index contributed by atoms with van der Waals surface area (Å²) < 4.78 is 1.51. The van der Waals surface area contributed by atoms with Crippen molar-refractivity contribution >= 4 is 17.4 Å². The molecule has 1 unspecified atom stereocenters. The molecule has 0 radical (unpaired) electrons. The van der Waals surface area contributed by atoms with Gasteiger partial charge in [0.2, 0.25) is 0 Å². The maximum absolute atomic E-state index is 11.3. The molecule has 2 rings (SSSR count). The maximum atomic E-state index is 11.3. The number of nitrogens with one attached hydrogen (secondary N) is 1. The standard InChI is InChI=1S/C13H17N3O3/c1-3-13(2,19)8-14-11-10(12(17)18)16-7-5-4-6-9(16)15-11/h4-7,14,19H,3,8H2,1-2H3,(H,17,18). The smallest absolute Gasteiger partial charge is 0.356 e. The second kappa shape index (κ2) is 4.89. The van der Waals surface area contributed by atoms with Crippen molar-refractivity contribution < 1.29 is 15.0 Å². The largest absolute Gasteiger partial charge is 0.476 e. The van der Waals surface area contributed by atoms with E-state index in [4.69, 9.17) is 0 Å². The van der Waals surface area contributed by atoms with Crippen LogP contribution in [0.5, 0.6) is 0 Å². The van der Waals surface area contributed by atoms with E-state index in [-0.39, 0.29) is 18.1 Å². The summed E-state index contributed by atoms with van der Waals surface area (Å²) in [6, 6.07) is 5.27. The summed E-state index contributed by atoms with van der Waals surface area (Å²) >= 11 is 0. The van der Waals surface area contributed by atoms with Gasteiger partial charge in [0.25, 0.3) is 0 Å². The number of carbonyl (C=O) groups is 1. The van der Waals surface area contributed by atoms with E-state index in [1.165, 1.54) is 4.40 Å². The van der Waals surface area contributed by atoms with Gasteiger partial charge in [-0.15, -0.1) is 0 Å². The van der Waals surface area contributed by atoms with Crippen molar-refractivity contribution in [2.45, 2.75) is 25.9 Å². The fourth-order valence-corrected chi connectivity index (χ4v) is 1.72. The summed E-state index contributed by atoms with van der Waals surface area (Å²) in [6.07, 6.45) is 2.21. The van der Waals surface area contributed by atoms with Crippen molar-refractivity contribution in [3.63, 3.8) is 0 Å². The Morgan fingerprint density at radius 2 is 2.26 bits per heavy atom. The van der Waals surface area contributed by atoms with Gasteiger partial charge in [-0.2, -0.15) is 0 Å². The topological polar surface area (TPSA) is 86.9 Å². The SMILES string of the molecule is CCC(C)(O)CNc1nc2ccccn2c1C(=O)O. The summed E-state index contributed by atoms with van der Waals surface area (Å²) in [5.74, 6) is -0.787. The molecular formula is C13H17N3O3. The molecular weight excluding hydrogens is 246 g/mol. The maximum Gasteiger partial charge on any atom is 0.356 e. The predicted octanol–water partition coefficient (Wildman–Crippen LogP) is 1.61. The van der Waals surface area contributed by atoms with Crippen LogP contribution in [0.3, 0.4) is 0 Å². The second-order valence-corrected chi connectivity index (χ2v) is 4.75. The number of fused-ring (bicyclic) bond motifs is 1. The number of aliphatic hydroxyl groups is 1. The predicted molar refractivity (Wildman–Crippen MR) is 71.6 cm³/mol. The molecule has 2 aromatic rings. The molecule has 0 bridgehead atoms.